The summed E-state index contributed by atoms with van der Waals surface area (Å²) in [5, 5.41) is 2.73. The minimum Gasteiger partial charge on any atom is -0.399 e. The van der Waals surface area contributed by atoms with E-state index in [4.69, 9.17) is 17.3 Å². The Kier molecular flexibility index (Phi) is 4.07. The molecule has 3 nitrogen and oxygen atoms in total. The van der Waals surface area contributed by atoms with E-state index in [0.29, 0.717) is 15.7 Å². The molecule has 3 N–H and O–H groups in total. The van der Waals surface area contributed by atoms with Crippen molar-refractivity contribution >= 4 is 44.8 Å². The molecule has 0 saturated heterocycles. The second-order valence-corrected chi connectivity index (χ2v) is 5.11. The molecule has 0 aliphatic carbocycles. The molecule has 0 aliphatic rings. The largest absolute Gasteiger partial charge is 0.399 e. The molecule has 0 saturated carbocycles. The molecule has 0 spiro atoms. The average molecular weight is 344 g/mol. The molecular weight excluding hydrogens is 335 g/mol. The van der Waals surface area contributed by atoms with Crippen LogP contribution in [0.5, 0.6) is 0 Å². The highest BCUT2D eigenvalue weighted by atomic mass is 79.9. The van der Waals surface area contributed by atoms with Gasteiger partial charge in [0.05, 0.1) is 11.3 Å². The van der Waals surface area contributed by atoms with Crippen LogP contribution in [-0.4, -0.2) is 5.91 Å². The fourth-order valence-electron chi connectivity index (χ4n) is 1.50. The van der Waals surface area contributed by atoms with Gasteiger partial charge in [0, 0.05) is 15.2 Å². The first-order valence-corrected chi connectivity index (χ1v) is 6.46. The number of nitrogens with two attached hydrogens (primary N) is 1. The van der Waals surface area contributed by atoms with E-state index in [1.807, 2.05) is 0 Å². The molecule has 0 aromatic heterocycles. The molecule has 2 aromatic carbocycles. The van der Waals surface area contributed by atoms with E-state index in [2.05, 4.69) is 21.2 Å². The second-order valence-electron chi connectivity index (χ2n) is 3.82. The summed E-state index contributed by atoms with van der Waals surface area (Å²) >= 11 is 8.88. The minimum atomic E-state index is -0.596. The smallest absolute Gasteiger partial charge is 0.256 e. The van der Waals surface area contributed by atoms with Crippen LogP contribution in [0.1, 0.15) is 10.4 Å². The molecule has 0 unspecified atom stereocenters. The van der Waals surface area contributed by atoms with Gasteiger partial charge in [-0.3, -0.25) is 4.79 Å². The van der Waals surface area contributed by atoms with E-state index >= 15 is 0 Å². The molecular formula is C13H9BrClFN2O. The van der Waals surface area contributed by atoms with Crippen molar-refractivity contribution < 1.29 is 9.18 Å². The lowest BCUT2D eigenvalue weighted by Crippen LogP contribution is -2.14. The summed E-state index contributed by atoms with van der Waals surface area (Å²) in [6.45, 7) is 0. The first-order valence-electron chi connectivity index (χ1n) is 5.29. The van der Waals surface area contributed by atoms with E-state index in [0.717, 1.165) is 6.07 Å². The van der Waals surface area contributed by atoms with E-state index < -0.39 is 11.7 Å². The molecule has 19 heavy (non-hydrogen) atoms. The Balaban J connectivity index is 2.28. The zero-order chi connectivity index (χ0) is 14.0. The third-order valence-corrected chi connectivity index (χ3v) is 3.34. The van der Waals surface area contributed by atoms with Gasteiger partial charge in [0.1, 0.15) is 5.82 Å². The summed E-state index contributed by atoms with van der Waals surface area (Å²) in [5.41, 5.74) is 6.45. The zero-order valence-electron chi connectivity index (χ0n) is 9.58. The Morgan fingerprint density at radius 2 is 2.00 bits per heavy atom. The lowest BCUT2D eigenvalue weighted by molar-refractivity contribution is 0.102. The number of benzene rings is 2. The van der Waals surface area contributed by atoms with Crippen LogP contribution in [0.15, 0.2) is 40.9 Å². The maximum absolute atomic E-state index is 13.6. The Bertz CT molecular complexity index is 649. The number of nitrogen functional groups attached to an aromatic ring is 1. The maximum Gasteiger partial charge on any atom is 0.256 e. The van der Waals surface area contributed by atoms with Gasteiger partial charge in [0.25, 0.3) is 5.91 Å². The molecule has 1 amide bonds. The van der Waals surface area contributed by atoms with Crippen molar-refractivity contribution in [1.82, 2.24) is 0 Å². The molecule has 0 fully saturated rings. The predicted octanol–water partition coefficient (Wildman–Crippen LogP) is 4.08. The third kappa shape index (κ3) is 3.24. The molecule has 2 rings (SSSR count). The number of rotatable bonds is 2. The summed E-state index contributed by atoms with van der Waals surface area (Å²) in [4.78, 5) is 12.0. The summed E-state index contributed by atoms with van der Waals surface area (Å²) < 4.78 is 14.1. The van der Waals surface area contributed by atoms with Crippen molar-refractivity contribution in [3.05, 3.63) is 57.3 Å². The van der Waals surface area contributed by atoms with Gasteiger partial charge >= 0.3 is 0 Å². The van der Waals surface area contributed by atoms with Crippen molar-refractivity contribution in [2.75, 3.05) is 11.1 Å². The first kappa shape index (κ1) is 13.8. The maximum atomic E-state index is 13.6. The number of carbonyl (C=O) groups is 1. The topological polar surface area (TPSA) is 55.1 Å². The molecule has 6 heteroatoms. The Morgan fingerprint density at radius 3 is 2.68 bits per heavy atom. The summed E-state index contributed by atoms with van der Waals surface area (Å²) in [6.07, 6.45) is 0. The molecule has 0 radical (unpaired) electrons. The normalized spacial score (nSPS) is 10.3. The Hall–Kier alpha value is -1.59. The van der Waals surface area contributed by atoms with Crippen molar-refractivity contribution in [1.29, 1.82) is 0 Å². The minimum absolute atomic E-state index is 0.0590. The number of amides is 1. The predicted molar refractivity (Wildman–Crippen MR) is 77.9 cm³/mol. The van der Waals surface area contributed by atoms with Gasteiger partial charge in [-0.1, -0.05) is 11.6 Å². The summed E-state index contributed by atoms with van der Waals surface area (Å²) in [6, 6.07) is 8.84. The van der Waals surface area contributed by atoms with Gasteiger partial charge in [-0.2, -0.15) is 0 Å². The van der Waals surface area contributed by atoms with E-state index in [-0.39, 0.29) is 10.7 Å². The zero-order valence-corrected chi connectivity index (χ0v) is 11.9. The van der Waals surface area contributed by atoms with Crippen LogP contribution in [0.3, 0.4) is 0 Å². The van der Waals surface area contributed by atoms with Crippen LogP contribution in [0, 0.1) is 5.82 Å². The van der Waals surface area contributed by atoms with Crippen LogP contribution < -0.4 is 11.1 Å². The van der Waals surface area contributed by atoms with E-state index in [9.17, 15) is 9.18 Å². The molecule has 0 bridgehead atoms. The number of hydrogen-bond donors (Lipinski definition) is 2. The highest BCUT2D eigenvalue weighted by Crippen LogP contribution is 2.23. The number of halogens is 3. The Morgan fingerprint density at radius 1 is 1.26 bits per heavy atom. The van der Waals surface area contributed by atoms with E-state index in [1.54, 1.807) is 12.1 Å². The lowest BCUT2D eigenvalue weighted by Gasteiger charge is -2.08. The summed E-state index contributed by atoms with van der Waals surface area (Å²) in [7, 11) is 0. The van der Waals surface area contributed by atoms with Crippen LogP contribution >= 0.6 is 27.5 Å². The van der Waals surface area contributed by atoms with Crippen LogP contribution in [0.2, 0.25) is 5.02 Å². The van der Waals surface area contributed by atoms with Crippen LogP contribution in [0.4, 0.5) is 15.8 Å². The lowest BCUT2D eigenvalue weighted by atomic mass is 10.2. The Labute approximate surface area is 122 Å². The van der Waals surface area contributed by atoms with Gasteiger partial charge in [-0.25, -0.2) is 4.39 Å². The average Bonchev–Trinajstić information content (AvgIpc) is 2.35. The molecule has 98 valence electrons. The SMILES string of the molecule is Nc1ccc(Br)c(C(=O)Nc2ccc(Cl)cc2F)c1. The highest BCUT2D eigenvalue weighted by molar-refractivity contribution is 9.10. The first-order chi connectivity index (χ1) is 8.97. The van der Waals surface area contributed by atoms with Gasteiger partial charge in [0.2, 0.25) is 0 Å². The number of carbonyl (C=O) groups excluding carboxylic acids is 1. The van der Waals surface area contributed by atoms with Gasteiger partial charge in [-0.05, 0) is 52.3 Å². The van der Waals surface area contributed by atoms with Crippen molar-refractivity contribution in [2.45, 2.75) is 0 Å². The third-order valence-electron chi connectivity index (χ3n) is 2.41. The van der Waals surface area contributed by atoms with Gasteiger partial charge in [-0.15, -0.1) is 0 Å². The highest BCUT2D eigenvalue weighted by Gasteiger charge is 2.13. The van der Waals surface area contributed by atoms with Gasteiger partial charge in [0.15, 0.2) is 0 Å². The standard InChI is InChI=1S/C13H9BrClFN2O/c14-10-3-2-8(17)6-9(10)13(19)18-12-4-1-7(15)5-11(12)16/h1-6H,17H2,(H,18,19). The monoisotopic (exact) mass is 342 g/mol. The van der Waals surface area contributed by atoms with Crippen LogP contribution in [-0.2, 0) is 0 Å². The second kappa shape index (κ2) is 5.59. The quantitative estimate of drug-likeness (QED) is 0.807. The van der Waals surface area contributed by atoms with Crippen molar-refractivity contribution in [2.24, 2.45) is 0 Å². The molecule has 2 aromatic rings. The number of hydrogen-bond acceptors (Lipinski definition) is 2. The molecule has 0 aliphatic heterocycles. The summed E-state index contributed by atoms with van der Waals surface area (Å²) in [5.74, 6) is -1.05. The molecule has 0 atom stereocenters. The fraction of sp³-hybridized carbons (Fsp3) is 0. The van der Waals surface area contributed by atoms with Crippen molar-refractivity contribution in [3.63, 3.8) is 0 Å². The number of nitrogens with one attached hydrogen (secondary N) is 1. The van der Waals surface area contributed by atoms with Crippen molar-refractivity contribution in [3.8, 4) is 0 Å². The van der Waals surface area contributed by atoms with Gasteiger partial charge < -0.3 is 11.1 Å². The van der Waals surface area contributed by atoms with E-state index in [1.165, 1.54) is 18.2 Å². The number of anilines is 2. The molecule has 0 heterocycles. The fourth-order valence-corrected chi connectivity index (χ4v) is 2.08. The van der Waals surface area contributed by atoms with Crippen LogP contribution in [0.25, 0.3) is 0 Å².